The topological polar surface area (TPSA) is 151 Å². The molecule has 1 saturated carbocycles. The fourth-order valence-corrected chi connectivity index (χ4v) is 4.49. The van der Waals surface area contributed by atoms with Crippen LogP contribution >= 0.6 is 11.6 Å². The van der Waals surface area contributed by atoms with Crippen LogP contribution in [-0.4, -0.2) is 64.8 Å². The number of hydrazine groups is 1. The average Bonchev–Trinajstić information content (AvgIpc) is 2.84. The molecule has 2 aromatic heterocycles. The Morgan fingerprint density at radius 3 is 2.69 bits per heavy atom. The summed E-state index contributed by atoms with van der Waals surface area (Å²) in [6, 6.07) is 1.74. The summed E-state index contributed by atoms with van der Waals surface area (Å²) in [6.07, 6.45) is 6.81. The fraction of sp³-hybridized carbons (Fsp3) is 0.522. The van der Waals surface area contributed by atoms with E-state index < -0.39 is 12.0 Å². The first-order valence-corrected chi connectivity index (χ1v) is 12.2. The standard InChI is InChI=1S/C23H31ClN8O3/c1-14-2-4-15(5-3-14)11-28-19-18(16-10-17(24)13-27-12-16)29-22(20(25)35-23(26)33)30-21(19)31-32-6-8-34-9-7-32/h10,12-15,25,28H,2-9,11H2,1H3,(H2,26,33)(H,29,30,31)/t14-,15-. The summed E-state index contributed by atoms with van der Waals surface area (Å²) in [6.45, 7) is 5.53. The number of nitrogens with zero attached hydrogens (tertiary/aromatic N) is 4. The van der Waals surface area contributed by atoms with E-state index in [0.29, 0.717) is 60.0 Å². The summed E-state index contributed by atoms with van der Waals surface area (Å²) >= 11 is 6.23. The van der Waals surface area contributed by atoms with E-state index in [0.717, 1.165) is 25.3 Å². The molecular weight excluding hydrogens is 472 g/mol. The number of nitrogens with one attached hydrogen (secondary N) is 3. The minimum atomic E-state index is -1.11. The summed E-state index contributed by atoms with van der Waals surface area (Å²) in [7, 11) is 0. The molecule has 2 aliphatic rings. The van der Waals surface area contributed by atoms with Gasteiger partial charge >= 0.3 is 6.09 Å². The van der Waals surface area contributed by atoms with Crippen molar-refractivity contribution < 1.29 is 14.3 Å². The van der Waals surface area contributed by atoms with Crippen LogP contribution in [0.15, 0.2) is 18.5 Å². The van der Waals surface area contributed by atoms with Gasteiger partial charge in [-0.2, -0.15) is 0 Å². The van der Waals surface area contributed by atoms with Crippen molar-refractivity contribution in [2.75, 3.05) is 43.6 Å². The van der Waals surface area contributed by atoms with E-state index in [1.807, 2.05) is 5.01 Å². The van der Waals surface area contributed by atoms with Crippen molar-refractivity contribution in [3.8, 4) is 11.3 Å². The lowest BCUT2D eigenvalue weighted by atomic mass is 9.83. The number of pyridine rings is 1. The van der Waals surface area contributed by atoms with Crippen LogP contribution < -0.4 is 16.5 Å². The number of nitrogens with two attached hydrogens (primary N) is 1. The van der Waals surface area contributed by atoms with Gasteiger partial charge in [-0.05, 0) is 30.7 Å². The van der Waals surface area contributed by atoms with Gasteiger partial charge in [0.15, 0.2) is 5.82 Å². The minimum absolute atomic E-state index is 0.0911. The lowest BCUT2D eigenvalue weighted by Gasteiger charge is -2.30. The molecule has 11 nitrogen and oxygen atoms in total. The van der Waals surface area contributed by atoms with Gasteiger partial charge in [-0.15, -0.1) is 0 Å². The number of hydrogen-bond acceptors (Lipinski definition) is 10. The van der Waals surface area contributed by atoms with Crippen LogP contribution in [0.2, 0.25) is 5.02 Å². The molecule has 0 spiro atoms. The number of primary amides is 1. The lowest BCUT2D eigenvalue weighted by molar-refractivity contribution is 0.0495. The third-order valence-electron chi connectivity index (χ3n) is 6.27. The molecule has 0 radical (unpaired) electrons. The van der Waals surface area contributed by atoms with Gasteiger partial charge in [0.05, 0.1) is 18.2 Å². The second-order valence-corrected chi connectivity index (χ2v) is 9.42. The Kier molecular flexibility index (Phi) is 8.32. The Morgan fingerprint density at radius 1 is 1.26 bits per heavy atom. The van der Waals surface area contributed by atoms with E-state index in [1.165, 1.54) is 19.0 Å². The van der Waals surface area contributed by atoms with Crippen LogP contribution in [0, 0.1) is 17.2 Å². The number of carbonyl (C=O) groups excluding carboxylic acids is 1. The number of anilines is 2. The van der Waals surface area contributed by atoms with Crippen LogP contribution in [0.1, 0.15) is 38.4 Å². The molecule has 5 N–H and O–H groups in total. The lowest BCUT2D eigenvalue weighted by Crippen LogP contribution is -2.41. The van der Waals surface area contributed by atoms with E-state index in [9.17, 15) is 4.79 Å². The average molecular weight is 503 g/mol. The zero-order chi connectivity index (χ0) is 24.8. The molecule has 0 atom stereocenters. The Morgan fingerprint density at radius 2 is 2.00 bits per heavy atom. The Hall–Kier alpha value is -3.02. The smallest absolute Gasteiger partial charge is 0.388 e. The van der Waals surface area contributed by atoms with Gasteiger partial charge in [-0.3, -0.25) is 10.4 Å². The van der Waals surface area contributed by atoms with Crippen molar-refractivity contribution in [1.29, 1.82) is 5.41 Å². The highest BCUT2D eigenvalue weighted by molar-refractivity contribution is 6.30. The number of hydrogen-bond donors (Lipinski definition) is 4. The van der Waals surface area contributed by atoms with Gasteiger partial charge in [-0.1, -0.05) is 31.4 Å². The molecule has 188 valence electrons. The zero-order valence-electron chi connectivity index (χ0n) is 19.7. The second-order valence-electron chi connectivity index (χ2n) is 8.98. The number of rotatable bonds is 7. The number of ether oxygens (including phenoxy) is 2. The normalized spacial score (nSPS) is 20.7. The Labute approximate surface area is 209 Å². The first kappa shape index (κ1) is 25.1. The molecule has 3 heterocycles. The highest BCUT2D eigenvalue weighted by Crippen LogP contribution is 2.35. The summed E-state index contributed by atoms with van der Waals surface area (Å²) in [5.74, 6) is 1.10. The fourth-order valence-electron chi connectivity index (χ4n) is 4.31. The number of morpholine rings is 1. The van der Waals surface area contributed by atoms with E-state index in [4.69, 9.17) is 32.2 Å². The molecule has 0 unspecified atom stereocenters. The van der Waals surface area contributed by atoms with Crippen LogP contribution in [0.3, 0.4) is 0 Å². The van der Waals surface area contributed by atoms with Gasteiger partial charge in [0.2, 0.25) is 5.82 Å². The van der Waals surface area contributed by atoms with E-state index in [2.05, 4.69) is 32.6 Å². The Bertz CT molecular complexity index is 1060. The number of carbonyl (C=O) groups is 1. The van der Waals surface area contributed by atoms with E-state index in [-0.39, 0.29) is 5.82 Å². The van der Waals surface area contributed by atoms with Crippen LogP contribution in [-0.2, 0) is 9.47 Å². The molecule has 1 aliphatic heterocycles. The van der Waals surface area contributed by atoms with Crippen LogP contribution in [0.5, 0.6) is 0 Å². The highest BCUT2D eigenvalue weighted by atomic mass is 35.5. The summed E-state index contributed by atoms with van der Waals surface area (Å²) in [5, 5.41) is 14.2. The summed E-state index contributed by atoms with van der Waals surface area (Å²) < 4.78 is 10.2. The largest absolute Gasteiger partial charge is 0.411 e. The molecule has 0 bridgehead atoms. The molecule has 0 aromatic carbocycles. The second kappa shape index (κ2) is 11.6. The first-order valence-electron chi connectivity index (χ1n) is 11.8. The van der Waals surface area contributed by atoms with Crippen molar-refractivity contribution in [3.63, 3.8) is 0 Å². The van der Waals surface area contributed by atoms with Crippen molar-refractivity contribution >= 4 is 35.1 Å². The number of amides is 1. The maximum Gasteiger partial charge on any atom is 0.411 e. The van der Waals surface area contributed by atoms with Gasteiger partial charge in [-0.25, -0.2) is 19.8 Å². The SMILES string of the molecule is C[C@H]1CC[C@H](CNc2c(NN3CCOCC3)nc(C(=N)OC(N)=O)nc2-c2cncc(Cl)c2)CC1. The van der Waals surface area contributed by atoms with Crippen molar-refractivity contribution in [1.82, 2.24) is 20.0 Å². The van der Waals surface area contributed by atoms with Gasteiger partial charge in [0, 0.05) is 37.6 Å². The van der Waals surface area contributed by atoms with E-state index >= 15 is 0 Å². The third kappa shape index (κ3) is 6.77. The molecule has 2 aromatic rings. The maximum absolute atomic E-state index is 11.3. The molecule has 35 heavy (non-hydrogen) atoms. The predicted molar refractivity (Wildman–Crippen MR) is 133 cm³/mol. The van der Waals surface area contributed by atoms with Gasteiger partial charge in [0.1, 0.15) is 11.4 Å². The van der Waals surface area contributed by atoms with Crippen LogP contribution in [0.25, 0.3) is 11.3 Å². The maximum atomic E-state index is 11.3. The molecule has 1 aliphatic carbocycles. The molecule has 4 rings (SSSR count). The number of aromatic nitrogens is 3. The van der Waals surface area contributed by atoms with E-state index in [1.54, 1.807) is 12.3 Å². The Balaban J connectivity index is 1.73. The van der Waals surface area contributed by atoms with Crippen LogP contribution in [0.4, 0.5) is 16.3 Å². The predicted octanol–water partition coefficient (Wildman–Crippen LogP) is 3.51. The molecule has 1 amide bonds. The highest BCUT2D eigenvalue weighted by Gasteiger charge is 2.24. The summed E-state index contributed by atoms with van der Waals surface area (Å²) in [5.41, 5.74) is 10.2. The number of halogens is 1. The van der Waals surface area contributed by atoms with Crippen molar-refractivity contribution in [3.05, 3.63) is 29.3 Å². The summed E-state index contributed by atoms with van der Waals surface area (Å²) in [4.78, 5) is 24.6. The zero-order valence-corrected chi connectivity index (χ0v) is 20.5. The molecule has 2 fully saturated rings. The van der Waals surface area contributed by atoms with Gasteiger partial charge in [0.25, 0.3) is 5.90 Å². The minimum Gasteiger partial charge on any atom is -0.388 e. The van der Waals surface area contributed by atoms with Crippen molar-refractivity contribution in [2.45, 2.75) is 32.6 Å². The first-order chi connectivity index (χ1) is 16.9. The monoisotopic (exact) mass is 502 g/mol. The molecule has 1 saturated heterocycles. The van der Waals surface area contributed by atoms with Crippen molar-refractivity contribution in [2.24, 2.45) is 17.6 Å². The third-order valence-corrected chi connectivity index (χ3v) is 6.48. The molecule has 12 heteroatoms. The quantitative estimate of drug-likeness (QED) is 0.329. The molecular formula is C23H31ClN8O3. The van der Waals surface area contributed by atoms with Gasteiger partial charge < -0.3 is 25.9 Å².